The van der Waals surface area contributed by atoms with Crippen LogP contribution in [0.5, 0.6) is 28.7 Å². The Morgan fingerprint density at radius 2 is 1.85 bits per heavy atom. The van der Waals surface area contributed by atoms with Gasteiger partial charge in [0.05, 0.1) is 6.42 Å². The van der Waals surface area contributed by atoms with Crippen LogP contribution >= 0.6 is 0 Å². The number of aryl methyl sites for hydroxylation is 1. The van der Waals surface area contributed by atoms with Crippen molar-refractivity contribution in [3.63, 3.8) is 0 Å². The molecule has 0 saturated carbocycles. The first kappa shape index (κ1) is 17.7. The molecule has 1 aliphatic rings. The van der Waals surface area contributed by atoms with Crippen molar-refractivity contribution in [3.8, 4) is 28.7 Å². The highest BCUT2D eigenvalue weighted by atomic mass is 16.5. The highest BCUT2D eigenvalue weighted by Crippen LogP contribution is 2.44. The molecular weight excluding hydrogens is 336 g/mol. The zero-order valence-electron chi connectivity index (χ0n) is 14.3. The summed E-state index contributed by atoms with van der Waals surface area (Å²) in [6.07, 6.45) is 0.337. The molecule has 0 amide bonds. The number of ether oxygens (including phenoxy) is 1. The fraction of sp³-hybridized carbons (Fsp3) is 0.250. The van der Waals surface area contributed by atoms with Gasteiger partial charge in [-0.15, -0.1) is 6.58 Å². The number of phenolic OH excluding ortho intramolecular Hbond substituents is 4. The number of fused-ring (bicyclic) bond motifs is 1. The molecule has 0 spiro atoms. The monoisotopic (exact) mass is 356 g/mol. The highest BCUT2D eigenvalue weighted by Gasteiger charge is 2.32. The standard InChI is InChI=1S/C20H20O6/c1-10(2)3-4-11-5-13(15(23)8-14(11)22)18-9-17(25)20-16(24)6-12(21)7-19(20)26-18/h5-8,18,21-24H,1,3-4,9H2,2H3. The van der Waals surface area contributed by atoms with E-state index in [0.29, 0.717) is 24.0 Å². The molecule has 1 atom stereocenters. The molecule has 0 aromatic heterocycles. The molecule has 1 heterocycles. The zero-order valence-corrected chi connectivity index (χ0v) is 14.3. The molecule has 3 rings (SSSR count). The minimum Gasteiger partial charge on any atom is -0.508 e. The summed E-state index contributed by atoms with van der Waals surface area (Å²) in [5.41, 5.74) is 1.95. The number of hydrogen-bond acceptors (Lipinski definition) is 6. The second kappa shape index (κ2) is 6.63. The lowest BCUT2D eigenvalue weighted by Crippen LogP contribution is -2.20. The maximum Gasteiger partial charge on any atom is 0.174 e. The predicted molar refractivity (Wildman–Crippen MR) is 95.0 cm³/mol. The first-order valence-corrected chi connectivity index (χ1v) is 8.21. The van der Waals surface area contributed by atoms with Gasteiger partial charge in [-0.2, -0.15) is 0 Å². The van der Waals surface area contributed by atoms with Crippen molar-refractivity contribution >= 4 is 5.78 Å². The molecule has 0 aliphatic carbocycles. The second-order valence-corrected chi connectivity index (χ2v) is 6.57. The average Bonchev–Trinajstić information content (AvgIpc) is 2.52. The molecule has 6 nitrogen and oxygen atoms in total. The molecule has 136 valence electrons. The summed E-state index contributed by atoms with van der Waals surface area (Å²) in [6.45, 7) is 5.72. The fourth-order valence-corrected chi connectivity index (χ4v) is 3.05. The summed E-state index contributed by atoms with van der Waals surface area (Å²) < 4.78 is 5.75. The molecule has 1 aliphatic heterocycles. The summed E-state index contributed by atoms with van der Waals surface area (Å²) in [7, 11) is 0. The lowest BCUT2D eigenvalue weighted by atomic mass is 9.93. The normalized spacial score (nSPS) is 16.0. The lowest BCUT2D eigenvalue weighted by molar-refractivity contribution is 0.0842. The van der Waals surface area contributed by atoms with Crippen molar-refractivity contribution in [3.05, 3.63) is 53.1 Å². The molecular formula is C20H20O6. The SMILES string of the molecule is C=C(C)CCc1cc(C2CC(=O)c3c(O)cc(O)cc3O2)c(O)cc1O. The van der Waals surface area contributed by atoms with Gasteiger partial charge in [-0.05, 0) is 31.4 Å². The van der Waals surface area contributed by atoms with E-state index in [0.717, 1.165) is 11.6 Å². The number of rotatable bonds is 4. The third-order valence-corrected chi connectivity index (χ3v) is 4.38. The van der Waals surface area contributed by atoms with Crippen LogP contribution in [0.15, 0.2) is 36.4 Å². The molecule has 2 aromatic rings. The van der Waals surface area contributed by atoms with Gasteiger partial charge in [0.2, 0.25) is 0 Å². The minimum atomic E-state index is -0.791. The van der Waals surface area contributed by atoms with Crippen LogP contribution in [0.1, 0.15) is 47.4 Å². The third-order valence-electron chi connectivity index (χ3n) is 4.38. The van der Waals surface area contributed by atoms with Gasteiger partial charge in [-0.25, -0.2) is 0 Å². The van der Waals surface area contributed by atoms with Crippen LogP contribution in [-0.4, -0.2) is 26.2 Å². The quantitative estimate of drug-likeness (QED) is 0.622. The molecule has 6 heteroatoms. The topological polar surface area (TPSA) is 107 Å². The van der Waals surface area contributed by atoms with Gasteiger partial charge in [-0.1, -0.05) is 5.57 Å². The third kappa shape index (κ3) is 3.31. The Kier molecular flexibility index (Phi) is 4.50. The predicted octanol–water partition coefficient (Wildman–Crippen LogP) is 3.72. The summed E-state index contributed by atoms with van der Waals surface area (Å²) >= 11 is 0. The Labute approximate surface area is 150 Å². The summed E-state index contributed by atoms with van der Waals surface area (Å²) in [5.74, 6) is -1.10. The van der Waals surface area contributed by atoms with E-state index in [1.807, 2.05) is 6.92 Å². The van der Waals surface area contributed by atoms with E-state index in [4.69, 9.17) is 4.74 Å². The van der Waals surface area contributed by atoms with E-state index in [9.17, 15) is 25.2 Å². The van der Waals surface area contributed by atoms with E-state index in [1.165, 1.54) is 12.1 Å². The van der Waals surface area contributed by atoms with Crippen molar-refractivity contribution in [2.45, 2.75) is 32.3 Å². The summed E-state index contributed by atoms with van der Waals surface area (Å²) in [5, 5.41) is 39.8. The molecule has 4 N–H and O–H groups in total. The fourth-order valence-electron chi connectivity index (χ4n) is 3.05. The van der Waals surface area contributed by atoms with Crippen molar-refractivity contribution in [2.24, 2.45) is 0 Å². The number of carbonyl (C=O) groups excluding carboxylic acids is 1. The Hall–Kier alpha value is -3.15. The van der Waals surface area contributed by atoms with Gasteiger partial charge >= 0.3 is 0 Å². The van der Waals surface area contributed by atoms with E-state index < -0.39 is 6.10 Å². The van der Waals surface area contributed by atoms with Crippen molar-refractivity contribution < 1.29 is 30.0 Å². The van der Waals surface area contributed by atoms with Gasteiger partial charge in [0.15, 0.2) is 5.78 Å². The Bertz CT molecular complexity index is 900. The maximum atomic E-state index is 12.4. The molecule has 0 fully saturated rings. The van der Waals surface area contributed by atoms with Crippen LogP contribution in [0.25, 0.3) is 0 Å². The molecule has 2 aromatic carbocycles. The van der Waals surface area contributed by atoms with Gasteiger partial charge in [-0.3, -0.25) is 4.79 Å². The zero-order chi connectivity index (χ0) is 19.0. The van der Waals surface area contributed by atoms with Gasteiger partial charge < -0.3 is 25.2 Å². The largest absolute Gasteiger partial charge is 0.508 e. The number of carbonyl (C=O) groups is 1. The van der Waals surface area contributed by atoms with Crippen molar-refractivity contribution in [1.82, 2.24) is 0 Å². The molecule has 26 heavy (non-hydrogen) atoms. The lowest BCUT2D eigenvalue weighted by Gasteiger charge is -2.27. The minimum absolute atomic E-state index is 0.0137. The van der Waals surface area contributed by atoms with E-state index in [2.05, 4.69) is 6.58 Å². The van der Waals surface area contributed by atoms with Crippen LogP contribution in [-0.2, 0) is 6.42 Å². The van der Waals surface area contributed by atoms with Crippen LogP contribution in [0, 0.1) is 0 Å². The smallest absolute Gasteiger partial charge is 0.174 e. The number of hydrogen-bond donors (Lipinski definition) is 4. The van der Waals surface area contributed by atoms with Crippen molar-refractivity contribution in [2.75, 3.05) is 0 Å². The number of phenols is 4. The number of ketones is 1. The Morgan fingerprint density at radius 3 is 2.54 bits per heavy atom. The van der Waals surface area contributed by atoms with Crippen LogP contribution in [0.4, 0.5) is 0 Å². The Balaban J connectivity index is 1.98. The summed E-state index contributed by atoms with van der Waals surface area (Å²) in [6, 6.07) is 5.16. The Morgan fingerprint density at radius 1 is 1.12 bits per heavy atom. The van der Waals surface area contributed by atoms with E-state index in [1.54, 1.807) is 6.07 Å². The first-order valence-electron chi connectivity index (χ1n) is 8.21. The van der Waals surface area contributed by atoms with Crippen LogP contribution in [0.2, 0.25) is 0 Å². The van der Waals surface area contributed by atoms with Gasteiger partial charge in [0.25, 0.3) is 0 Å². The van der Waals surface area contributed by atoms with E-state index in [-0.39, 0.29) is 46.5 Å². The summed E-state index contributed by atoms with van der Waals surface area (Å²) in [4.78, 5) is 12.4. The number of benzene rings is 2. The van der Waals surface area contributed by atoms with Crippen LogP contribution < -0.4 is 4.74 Å². The van der Waals surface area contributed by atoms with Crippen molar-refractivity contribution in [1.29, 1.82) is 0 Å². The molecule has 1 unspecified atom stereocenters. The number of Topliss-reactive ketones (excluding diaryl/α,β-unsaturated/α-hetero) is 1. The van der Waals surface area contributed by atoms with Gasteiger partial charge in [0.1, 0.15) is 40.4 Å². The number of allylic oxidation sites excluding steroid dienone is 1. The van der Waals surface area contributed by atoms with Gasteiger partial charge in [0, 0.05) is 23.8 Å². The van der Waals surface area contributed by atoms with Crippen LogP contribution in [0.3, 0.4) is 0 Å². The molecule has 0 radical (unpaired) electrons. The number of aromatic hydroxyl groups is 4. The maximum absolute atomic E-state index is 12.4. The second-order valence-electron chi connectivity index (χ2n) is 6.57. The molecule has 0 saturated heterocycles. The highest BCUT2D eigenvalue weighted by molar-refractivity contribution is 6.02. The first-order chi connectivity index (χ1) is 12.3. The van der Waals surface area contributed by atoms with E-state index >= 15 is 0 Å². The average molecular weight is 356 g/mol. The molecule has 0 bridgehead atoms.